The molecule has 2 aromatic rings. The number of hydrogen-bond donors (Lipinski definition) is 1. The van der Waals surface area contributed by atoms with E-state index >= 15 is 0 Å². The van der Waals surface area contributed by atoms with E-state index in [1.54, 1.807) is 35.1 Å². The highest BCUT2D eigenvalue weighted by Crippen LogP contribution is 2.25. The second kappa shape index (κ2) is 9.11. The molecule has 0 atom stereocenters. The van der Waals surface area contributed by atoms with E-state index in [0.717, 1.165) is 30.6 Å². The maximum atomic E-state index is 13.2. The van der Waals surface area contributed by atoms with E-state index in [1.165, 1.54) is 6.07 Å². The molecule has 0 unspecified atom stereocenters. The Morgan fingerprint density at radius 1 is 1.04 bits per heavy atom. The van der Waals surface area contributed by atoms with E-state index < -0.39 is 10.0 Å². The van der Waals surface area contributed by atoms with E-state index in [4.69, 9.17) is 0 Å². The molecule has 0 aliphatic carbocycles. The minimum atomic E-state index is -3.61. The van der Waals surface area contributed by atoms with Gasteiger partial charge in [0.25, 0.3) is 5.91 Å². The lowest BCUT2D eigenvalue weighted by atomic mass is 10.1. The van der Waals surface area contributed by atoms with Crippen LogP contribution in [0.2, 0.25) is 0 Å². The van der Waals surface area contributed by atoms with E-state index in [1.807, 2.05) is 30.5 Å². The van der Waals surface area contributed by atoms with E-state index in [2.05, 4.69) is 5.32 Å². The molecule has 150 valence electrons. The third-order valence-electron chi connectivity index (χ3n) is 4.96. The molecule has 0 radical (unpaired) electrons. The first-order valence-corrected chi connectivity index (χ1v) is 12.1. The summed E-state index contributed by atoms with van der Waals surface area (Å²) in [5.41, 5.74) is 1.69. The number of carbonyl (C=O) groups excluding carboxylic acids is 1. The lowest BCUT2D eigenvalue weighted by molar-refractivity contribution is 0.102. The average molecular weight is 419 g/mol. The van der Waals surface area contributed by atoms with Gasteiger partial charge in [-0.2, -0.15) is 4.31 Å². The van der Waals surface area contributed by atoms with Crippen molar-refractivity contribution in [2.75, 3.05) is 24.7 Å². The van der Waals surface area contributed by atoms with Gasteiger partial charge in [-0.1, -0.05) is 25.0 Å². The van der Waals surface area contributed by atoms with Crippen molar-refractivity contribution >= 4 is 33.4 Å². The Labute approximate surface area is 171 Å². The van der Waals surface area contributed by atoms with Gasteiger partial charge in [-0.05, 0) is 61.9 Å². The second-order valence-corrected chi connectivity index (χ2v) is 9.77. The normalized spacial score (nSPS) is 15.8. The van der Waals surface area contributed by atoms with Crippen molar-refractivity contribution in [1.29, 1.82) is 0 Å². The zero-order valence-electron chi connectivity index (χ0n) is 16.3. The summed E-state index contributed by atoms with van der Waals surface area (Å²) in [7, 11) is -3.61. The van der Waals surface area contributed by atoms with Crippen LogP contribution in [-0.2, 0) is 10.0 Å². The maximum Gasteiger partial charge on any atom is 0.255 e. The predicted molar refractivity (Wildman–Crippen MR) is 115 cm³/mol. The molecule has 0 aromatic heterocycles. The molecule has 5 nitrogen and oxygen atoms in total. The lowest BCUT2D eigenvalue weighted by Gasteiger charge is -2.21. The van der Waals surface area contributed by atoms with Gasteiger partial charge in [0.1, 0.15) is 0 Å². The van der Waals surface area contributed by atoms with Gasteiger partial charge in [0.05, 0.1) is 4.90 Å². The lowest BCUT2D eigenvalue weighted by Crippen LogP contribution is -2.32. The summed E-state index contributed by atoms with van der Waals surface area (Å²) in [4.78, 5) is 14.0. The zero-order valence-corrected chi connectivity index (χ0v) is 17.9. The Balaban J connectivity index is 1.86. The number of thioether (sulfide) groups is 1. The van der Waals surface area contributed by atoms with Crippen LogP contribution in [0.1, 0.15) is 41.6 Å². The summed E-state index contributed by atoms with van der Waals surface area (Å²) in [5.74, 6) is -0.314. The molecule has 0 saturated carbocycles. The quantitative estimate of drug-likeness (QED) is 0.724. The number of amides is 1. The number of benzene rings is 2. The van der Waals surface area contributed by atoms with Crippen LogP contribution in [0, 0.1) is 6.92 Å². The number of anilines is 1. The third-order valence-corrected chi connectivity index (χ3v) is 7.73. The largest absolute Gasteiger partial charge is 0.322 e. The van der Waals surface area contributed by atoms with E-state index in [0.29, 0.717) is 29.9 Å². The van der Waals surface area contributed by atoms with Crippen LogP contribution in [0.3, 0.4) is 0 Å². The van der Waals surface area contributed by atoms with Gasteiger partial charge in [-0.3, -0.25) is 4.79 Å². The Morgan fingerprint density at radius 3 is 2.43 bits per heavy atom. The Bertz CT molecular complexity index is 950. The van der Waals surface area contributed by atoms with Crippen LogP contribution in [0.5, 0.6) is 0 Å². The number of hydrogen-bond acceptors (Lipinski definition) is 4. The number of carbonyl (C=O) groups is 1. The molecule has 3 rings (SSSR count). The van der Waals surface area contributed by atoms with Crippen molar-refractivity contribution in [3.8, 4) is 0 Å². The standard InChI is InChI=1S/C21H26N2O3S2/c1-16-10-11-17(21(24)22-18-8-7-9-19(15-18)27-2)14-20(16)28(25,26)23-12-5-3-4-6-13-23/h7-11,14-15H,3-6,12-13H2,1-2H3,(H,22,24). The summed E-state index contributed by atoms with van der Waals surface area (Å²) >= 11 is 1.59. The fraction of sp³-hybridized carbons (Fsp3) is 0.381. The molecular formula is C21H26N2O3S2. The average Bonchev–Trinajstić information content (AvgIpc) is 2.98. The summed E-state index contributed by atoms with van der Waals surface area (Å²) in [6, 6.07) is 12.4. The molecule has 1 N–H and O–H groups in total. The van der Waals surface area contributed by atoms with Gasteiger partial charge >= 0.3 is 0 Å². The van der Waals surface area contributed by atoms with Crippen molar-refractivity contribution < 1.29 is 13.2 Å². The van der Waals surface area contributed by atoms with Gasteiger partial charge in [0.15, 0.2) is 0 Å². The van der Waals surface area contributed by atoms with Crippen molar-refractivity contribution in [3.63, 3.8) is 0 Å². The Kier molecular flexibility index (Phi) is 6.80. The first-order chi connectivity index (χ1) is 13.4. The summed E-state index contributed by atoms with van der Waals surface area (Å²) in [6.07, 6.45) is 5.85. The molecule has 0 bridgehead atoms. The summed E-state index contributed by atoms with van der Waals surface area (Å²) < 4.78 is 27.9. The van der Waals surface area contributed by atoms with Gasteiger partial charge in [-0.25, -0.2) is 8.42 Å². The van der Waals surface area contributed by atoms with Gasteiger partial charge in [0.2, 0.25) is 10.0 Å². The molecule has 1 heterocycles. The molecule has 0 spiro atoms. The SMILES string of the molecule is CSc1cccc(NC(=O)c2ccc(C)c(S(=O)(=O)N3CCCCCC3)c2)c1. The Morgan fingerprint density at radius 2 is 1.75 bits per heavy atom. The predicted octanol–water partition coefficient (Wildman–Crippen LogP) is 4.53. The number of nitrogens with zero attached hydrogens (tertiary/aromatic N) is 1. The highest BCUT2D eigenvalue weighted by Gasteiger charge is 2.27. The van der Waals surface area contributed by atoms with Gasteiger partial charge in [0, 0.05) is 29.2 Å². The first-order valence-electron chi connectivity index (χ1n) is 9.48. The Hall–Kier alpha value is -1.83. The van der Waals surface area contributed by atoms with E-state index in [9.17, 15) is 13.2 Å². The smallest absolute Gasteiger partial charge is 0.255 e. The van der Waals surface area contributed by atoms with Gasteiger partial charge in [-0.15, -0.1) is 11.8 Å². The van der Waals surface area contributed by atoms with Crippen LogP contribution in [0.25, 0.3) is 0 Å². The van der Waals surface area contributed by atoms with Gasteiger partial charge < -0.3 is 5.32 Å². The molecule has 1 amide bonds. The molecule has 1 aliphatic rings. The first kappa shape index (κ1) is 20.9. The fourth-order valence-electron chi connectivity index (χ4n) is 3.34. The van der Waals surface area contributed by atoms with Crippen molar-refractivity contribution in [2.45, 2.75) is 42.4 Å². The molecule has 1 aliphatic heterocycles. The van der Waals surface area contributed by atoms with Crippen LogP contribution >= 0.6 is 11.8 Å². The number of aryl methyl sites for hydroxylation is 1. The second-order valence-electron chi connectivity index (χ2n) is 6.98. The third kappa shape index (κ3) is 4.77. The molecule has 7 heteroatoms. The minimum Gasteiger partial charge on any atom is -0.322 e. The molecule has 1 saturated heterocycles. The molecule has 28 heavy (non-hydrogen) atoms. The van der Waals surface area contributed by atoms with Crippen LogP contribution in [-0.4, -0.2) is 38.0 Å². The van der Waals surface area contributed by atoms with Crippen LogP contribution in [0.15, 0.2) is 52.3 Å². The number of nitrogens with one attached hydrogen (secondary N) is 1. The van der Waals surface area contributed by atoms with Crippen molar-refractivity contribution in [3.05, 3.63) is 53.6 Å². The topological polar surface area (TPSA) is 66.5 Å². The van der Waals surface area contributed by atoms with E-state index in [-0.39, 0.29) is 10.8 Å². The highest BCUT2D eigenvalue weighted by atomic mass is 32.2. The minimum absolute atomic E-state index is 0.222. The maximum absolute atomic E-state index is 13.2. The molecule has 1 fully saturated rings. The van der Waals surface area contributed by atoms with Crippen LogP contribution in [0.4, 0.5) is 5.69 Å². The summed E-state index contributed by atoms with van der Waals surface area (Å²) in [6.45, 7) is 2.85. The van der Waals surface area contributed by atoms with Crippen LogP contribution < -0.4 is 5.32 Å². The summed E-state index contributed by atoms with van der Waals surface area (Å²) in [5, 5.41) is 2.86. The number of rotatable bonds is 5. The molecular weight excluding hydrogens is 392 g/mol. The fourth-order valence-corrected chi connectivity index (χ4v) is 5.57. The zero-order chi connectivity index (χ0) is 20.1. The molecule has 2 aromatic carbocycles. The van der Waals surface area contributed by atoms with Crippen molar-refractivity contribution in [1.82, 2.24) is 4.31 Å². The monoisotopic (exact) mass is 418 g/mol. The van der Waals surface area contributed by atoms with Crippen molar-refractivity contribution in [2.24, 2.45) is 0 Å². The highest BCUT2D eigenvalue weighted by molar-refractivity contribution is 7.98. The number of sulfonamides is 1.